The van der Waals surface area contributed by atoms with Crippen LogP contribution >= 0.6 is 11.8 Å². The lowest BCUT2D eigenvalue weighted by Crippen LogP contribution is -2.13. The maximum atomic E-state index is 11.8. The van der Waals surface area contributed by atoms with Crippen LogP contribution in [0.3, 0.4) is 0 Å². The molecular formula is C15H18N2O3S. The molecule has 1 N–H and O–H groups in total. The summed E-state index contributed by atoms with van der Waals surface area (Å²) in [5.41, 5.74) is 0.978. The maximum absolute atomic E-state index is 11.8. The van der Waals surface area contributed by atoms with Gasteiger partial charge in [-0.1, -0.05) is 12.1 Å². The molecule has 0 aliphatic heterocycles. The van der Waals surface area contributed by atoms with Crippen LogP contribution in [0.15, 0.2) is 24.3 Å². The number of para-hydroxylation sites is 1. The highest BCUT2D eigenvalue weighted by molar-refractivity contribution is 7.99. The zero-order valence-corrected chi connectivity index (χ0v) is 12.7. The fourth-order valence-corrected chi connectivity index (χ4v) is 2.34. The molecule has 0 radical (unpaired) electrons. The summed E-state index contributed by atoms with van der Waals surface area (Å²) in [6.07, 6.45) is 1.03. The third-order valence-corrected chi connectivity index (χ3v) is 3.56. The molecule has 0 bridgehead atoms. The number of nitrogens with zero attached hydrogens (tertiary/aromatic N) is 1. The van der Waals surface area contributed by atoms with Gasteiger partial charge < -0.3 is 10.1 Å². The zero-order chi connectivity index (χ0) is 15.5. The molecule has 1 aromatic carbocycles. The number of esters is 1. The average molecular weight is 306 g/mol. The van der Waals surface area contributed by atoms with Crippen LogP contribution in [0.4, 0.5) is 5.69 Å². The number of rotatable bonds is 8. The third-order valence-electron chi connectivity index (χ3n) is 2.54. The van der Waals surface area contributed by atoms with Crippen LogP contribution in [0.5, 0.6) is 0 Å². The highest BCUT2D eigenvalue weighted by atomic mass is 32.2. The lowest BCUT2D eigenvalue weighted by molar-refractivity contribution is -0.139. The van der Waals surface area contributed by atoms with Crippen LogP contribution in [0.1, 0.15) is 25.3 Å². The molecule has 0 unspecified atom stereocenters. The molecule has 5 nitrogen and oxygen atoms in total. The number of ether oxygens (including phenoxy) is 1. The molecule has 1 amide bonds. The van der Waals surface area contributed by atoms with Gasteiger partial charge in [0, 0.05) is 6.42 Å². The summed E-state index contributed by atoms with van der Waals surface area (Å²) in [7, 11) is 0. The monoisotopic (exact) mass is 306 g/mol. The second-order valence-electron chi connectivity index (χ2n) is 4.17. The smallest absolute Gasteiger partial charge is 0.315 e. The Labute approximate surface area is 128 Å². The molecule has 0 spiro atoms. The van der Waals surface area contributed by atoms with E-state index >= 15 is 0 Å². The molecular weight excluding hydrogens is 288 g/mol. The quantitative estimate of drug-likeness (QED) is 0.590. The van der Waals surface area contributed by atoms with Gasteiger partial charge in [0.1, 0.15) is 6.07 Å². The van der Waals surface area contributed by atoms with Gasteiger partial charge in [-0.05, 0) is 31.2 Å². The van der Waals surface area contributed by atoms with Gasteiger partial charge in [0.15, 0.2) is 0 Å². The first-order chi connectivity index (χ1) is 10.2. The number of hydrogen-bond donors (Lipinski definition) is 1. The highest BCUT2D eigenvalue weighted by Gasteiger charge is 2.06. The van der Waals surface area contributed by atoms with Gasteiger partial charge in [-0.25, -0.2) is 0 Å². The number of nitrogens with one attached hydrogen (secondary N) is 1. The topological polar surface area (TPSA) is 79.2 Å². The Hall–Kier alpha value is -2.00. The molecule has 6 heteroatoms. The lowest BCUT2D eigenvalue weighted by Gasteiger charge is -2.06. The summed E-state index contributed by atoms with van der Waals surface area (Å²) in [5.74, 6) is 0.670. The number of nitriles is 1. The maximum Gasteiger partial charge on any atom is 0.315 e. The molecule has 0 fully saturated rings. The molecule has 1 rings (SSSR count). The SMILES string of the molecule is CCOC(=O)CSCCCC(=O)Nc1ccccc1C#N. The van der Waals surface area contributed by atoms with Crippen molar-refractivity contribution in [3.8, 4) is 6.07 Å². The van der Waals surface area contributed by atoms with E-state index in [1.807, 2.05) is 6.07 Å². The number of carbonyl (C=O) groups excluding carboxylic acids is 2. The normalized spacial score (nSPS) is 9.71. The van der Waals surface area contributed by atoms with E-state index in [1.54, 1.807) is 31.2 Å². The summed E-state index contributed by atoms with van der Waals surface area (Å²) < 4.78 is 4.80. The van der Waals surface area contributed by atoms with Crippen molar-refractivity contribution in [2.75, 3.05) is 23.4 Å². The van der Waals surface area contributed by atoms with E-state index in [9.17, 15) is 9.59 Å². The lowest BCUT2D eigenvalue weighted by atomic mass is 10.2. The third kappa shape index (κ3) is 6.82. The fourth-order valence-electron chi connectivity index (χ4n) is 1.60. The standard InChI is InChI=1S/C15H18N2O3S/c1-2-20-15(19)11-21-9-5-8-14(18)17-13-7-4-3-6-12(13)10-16/h3-4,6-7H,2,5,8-9,11H2,1H3,(H,17,18). The second kappa shape index (κ2) is 9.83. The van der Waals surface area contributed by atoms with Crippen LogP contribution in [0.25, 0.3) is 0 Å². The first-order valence-corrected chi connectivity index (χ1v) is 7.85. The molecule has 21 heavy (non-hydrogen) atoms. The minimum absolute atomic E-state index is 0.130. The van der Waals surface area contributed by atoms with E-state index in [4.69, 9.17) is 10.00 Å². The second-order valence-corrected chi connectivity index (χ2v) is 5.27. The number of benzene rings is 1. The predicted octanol–water partition coefficient (Wildman–Crippen LogP) is 2.57. The van der Waals surface area contributed by atoms with Crippen LogP contribution in [0, 0.1) is 11.3 Å². The van der Waals surface area contributed by atoms with Gasteiger partial charge in [-0.15, -0.1) is 0 Å². The first kappa shape index (κ1) is 17.1. The van der Waals surface area contributed by atoms with E-state index in [0.717, 1.165) is 0 Å². The van der Waals surface area contributed by atoms with Crippen molar-refractivity contribution < 1.29 is 14.3 Å². The fraction of sp³-hybridized carbons (Fsp3) is 0.400. The Bertz CT molecular complexity index is 526. The summed E-state index contributed by atoms with van der Waals surface area (Å²) in [6, 6.07) is 8.91. The molecule has 112 valence electrons. The minimum Gasteiger partial charge on any atom is -0.465 e. The van der Waals surface area contributed by atoms with E-state index in [-0.39, 0.29) is 11.9 Å². The van der Waals surface area contributed by atoms with Gasteiger partial charge in [0.25, 0.3) is 0 Å². The number of anilines is 1. The van der Waals surface area contributed by atoms with Crippen molar-refractivity contribution in [2.45, 2.75) is 19.8 Å². The Morgan fingerprint density at radius 3 is 2.86 bits per heavy atom. The highest BCUT2D eigenvalue weighted by Crippen LogP contribution is 2.14. The van der Waals surface area contributed by atoms with Crippen molar-refractivity contribution in [1.29, 1.82) is 5.26 Å². The zero-order valence-electron chi connectivity index (χ0n) is 11.9. The van der Waals surface area contributed by atoms with Crippen molar-refractivity contribution in [1.82, 2.24) is 0 Å². The van der Waals surface area contributed by atoms with E-state index < -0.39 is 0 Å². The van der Waals surface area contributed by atoms with E-state index in [1.165, 1.54) is 11.8 Å². The number of amides is 1. The Morgan fingerprint density at radius 2 is 2.14 bits per heavy atom. The van der Waals surface area contributed by atoms with Crippen molar-refractivity contribution in [3.05, 3.63) is 29.8 Å². The van der Waals surface area contributed by atoms with Crippen LogP contribution < -0.4 is 5.32 Å². The van der Waals surface area contributed by atoms with Gasteiger partial charge >= 0.3 is 5.97 Å². The van der Waals surface area contributed by atoms with Crippen molar-refractivity contribution in [3.63, 3.8) is 0 Å². The predicted molar refractivity (Wildman–Crippen MR) is 83.0 cm³/mol. The van der Waals surface area contributed by atoms with Gasteiger partial charge in [0.05, 0.1) is 23.6 Å². The minimum atomic E-state index is -0.227. The number of hydrogen-bond acceptors (Lipinski definition) is 5. The molecule has 0 aliphatic carbocycles. The van der Waals surface area contributed by atoms with Gasteiger partial charge in [-0.3, -0.25) is 9.59 Å². The largest absolute Gasteiger partial charge is 0.465 e. The number of thioether (sulfide) groups is 1. The summed E-state index contributed by atoms with van der Waals surface area (Å²) in [5, 5.41) is 11.6. The molecule has 0 saturated heterocycles. The summed E-state index contributed by atoms with van der Waals surface area (Å²) in [4.78, 5) is 22.9. The Morgan fingerprint density at radius 1 is 1.38 bits per heavy atom. The number of carbonyl (C=O) groups is 2. The van der Waals surface area contributed by atoms with Gasteiger partial charge in [-0.2, -0.15) is 17.0 Å². The van der Waals surface area contributed by atoms with Crippen LogP contribution in [0.2, 0.25) is 0 Å². The molecule has 0 atom stereocenters. The summed E-state index contributed by atoms with van der Waals surface area (Å²) >= 11 is 1.45. The molecule has 0 heterocycles. The molecule has 0 aliphatic rings. The van der Waals surface area contributed by atoms with E-state index in [0.29, 0.717) is 42.2 Å². The van der Waals surface area contributed by atoms with Crippen LogP contribution in [-0.2, 0) is 14.3 Å². The Kier molecular flexibility index (Phi) is 7.99. The van der Waals surface area contributed by atoms with Crippen LogP contribution in [-0.4, -0.2) is 30.0 Å². The molecule has 0 aromatic heterocycles. The molecule has 0 saturated carbocycles. The molecule has 1 aromatic rings. The summed E-state index contributed by atoms with van der Waals surface area (Å²) in [6.45, 7) is 2.16. The average Bonchev–Trinajstić information content (AvgIpc) is 2.47. The van der Waals surface area contributed by atoms with Gasteiger partial charge in [0.2, 0.25) is 5.91 Å². The first-order valence-electron chi connectivity index (χ1n) is 6.69. The van der Waals surface area contributed by atoms with Crippen molar-refractivity contribution >= 4 is 29.3 Å². The Balaban J connectivity index is 2.23. The van der Waals surface area contributed by atoms with E-state index in [2.05, 4.69) is 5.32 Å². The van der Waals surface area contributed by atoms with Crippen molar-refractivity contribution in [2.24, 2.45) is 0 Å².